The monoisotopic (exact) mass is 426 g/mol. The largest absolute Gasteiger partial charge is 0.467 e. The van der Waals surface area contributed by atoms with Gasteiger partial charge in [0.15, 0.2) is 0 Å². The van der Waals surface area contributed by atoms with E-state index in [9.17, 15) is 9.59 Å². The number of carbonyl (C=O) groups excluding carboxylic acids is 2. The van der Waals surface area contributed by atoms with Crippen LogP contribution in [-0.4, -0.2) is 33.5 Å². The Morgan fingerprint density at radius 1 is 1.20 bits per heavy atom. The predicted molar refractivity (Wildman–Crippen MR) is 111 cm³/mol. The van der Waals surface area contributed by atoms with Gasteiger partial charge < -0.3 is 14.6 Å². The van der Waals surface area contributed by atoms with E-state index in [4.69, 9.17) is 4.42 Å². The van der Waals surface area contributed by atoms with E-state index in [2.05, 4.69) is 15.5 Å². The summed E-state index contributed by atoms with van der Waals surface area (Å²) in [5.74, 6) is 2.76. The van der Waals surface area contributed by atoms with Crippen molar-refractivity contribution in [2.75, 3.05) is 11.9 Å². The second-order valence-corrected chi connectivity index (χ2v) is 10.8. The van der Waals surface area contributed by atoms with Crippen molar-refractivity contribution < 1.29 is 14.0 Å². The Labute approximate surface area is 179 Å². The highest BCUT2D eigenvalue weighted by atomic mass is 32.1. The van der Waals surface area contributed by atoms with Crippen molar-refractivity contribution in [3.05, 3.63) is 29.2 Å². The molecule has 5 aliphatic rings. The molecule has 5 fully saturated rings. The van der Waals surface area contributed by atoms with Crippen molar-refractivity contribution in [2.24, 2.45) is 23.7 Å². The molecule has 2 aromatic rings. The summed E-state index contributed by atoms with van der Waals surface area (Å²) < 4.78 is 5.33. The lowest BCUT2D eigenvalue weighted by Crippen LogP contribution is -2.48. The van der Waals surface area contributed by atoms with Gasteiger partial charge in [-0.05, 0) is 68.4 Å². The molecule has 3 heterocycles. The summed E-state index contributed by atoms with van der Waals surface area (Å²) in [6.45, 7) is 0.816. The summed E-state index contributed by atoms with van der Waals surface area (Å²) in [6, 6.07) is 3.64. The average molecular weight is 427 g/mol. The summed E-state index contributed by atoms with van der Waals surface area (Å²) in [7, 11) is 0. The van der Waals surface area contributed by atoms with Gasteiger partial charge >= 0.3 is 0 Å². The van der Waals surface area contributed by atoms with Crippen LogP contribution in [0.15, 0.2) is 22.8 Å². The highest BCUT2D eigenvalue weighted by Crippen LogP contribution is 2.61. The first-order chi connectivity index (χ1) is 14.6. The number of furan rings is 1. The van der Waals surface area contributed by atoms with Gasteiger partial charge in [-0.3, -0.25) is 9.59 Å². The Morgan fingerprint density at radius 3 is 2.60 bits per heavy atom. The van der Waals surface area contributed by atoms with Crippen LogP contribution in [0.25, 0.3) is 0 Å². The first-order valence-corrected chi connectivity index (χ1v) is 11.8. The molecule has 1 N–H and O–H groups in total. The molecular formula is C22H26N4O3S. The van der Waals surface area contributed by atoms with Crippen molar-refractivity contribution in [3.8, 4) is 0 Å². The fourth-order valence-electron chi connectivity index (χ4n) is 6.76. The number of rotatable bonds is 5. The summed E-state index contributed by atoms with van der Waals surface area (Å²) >= 11 is 1.55. The van der Waals surface area contributed by atoms with E-state index >= 15 is 0 Å². The first-order valence-electron chi connectivity index (χ1n) is 11.0. The standard InChI is InChI=1S/C22H26N4O3S/c27-18-7-16(11-26(18)12-17-2-1-3-29-17)19(28)23-21-25-24-20(30-21)22-8-13-4-14(9-22)6-15(5-13)10-22/h1-3,13-16H,4-12H2,(H,23,25,28). The van der Waals surface area contributed by atoms with Crippen molar-refractivity contribution in [2.45, 2.75) is 56.9 Å². The van der Waals surface area contributed by atoms with Crippen LogP contribution in [0.3, 0.4) is 0 Å². The van der Waals surface area contributed by atoms with Gasteiger partial charge in [0, 0.05) is 18.4 Å². The summed E-state index contributed by atoms with van der Waals surface area (Å²) in [4.78, 5) is 26.8. The van der Waals surface area contributed by atoms with E-state index in [1.165, 1.54) is 38.5 Å². The maximum absolute atomic E-state index is 12.8. The van der Waals surface area contributed by atoms with Crippen molar-refractivity contribution in [1.82, 2.24) is 15.1 Å². The van der Waals surface area contributed by atoms with Gasteiger partial charge in [-0.15, -0.1) is 10.2 Å². The average Bonchev–Trinajstić information content (AvgIpc) is 3.44. The zero-order chi connectivity index (χ0) is 20.3. The Balaban J connectivity index is 1.12. The van der Waals surface area contributed by atoms with E-state index in [0.717, 1.165) is 28.5 Å². The normalized spacial score (nSPS) is 34.7. The number of hydrogen-bond acceptors (Lipinski definition) is 6. The van der Waals surface area contributed by atoms with Crippen LogP contribution < -0.4 is 5.32 Å². The zero-order valence-electron chi connectivity index (χ0n) is 16.9. The van der Waals surface area contributed by atoms with Crippen molar-refractivity contribution >= 4 is 28.3 Å². The van der Waals surface area contributed by atoms with Gasteiger partial charge in [0.25, 0.3) is 0 Å². The molecule has 30 heavy (non-hydrogen) atoms. The summed E-state index contributed by atoms with van der Waals surface area (Å²) in [5.41, 5.74) is 0.193. The minimum atomic E-state index is -0.362. The molecule has 0 aromatic carbocycles. The summed E-state index contributed by atoms with van der Waals surface area (Å²) in [6.07, 6.45) is 9.72. The SMILES string of the molecule is O=C(Nc1nnc(C23CC4CC(CC(C4)C2)C3)s1)C1CC(=O)N(Cc2ccco2)C1. The molecule has 7 nitrogen and oxygen atoms in total. The van der Waals surface area contributed by atoms with E-state index in [1.807, 2.05) is 6.07 Å². The van der Waals surface area contributed by atoms with Crippen LogP contribution in [0.4, 0.5) is 5.13 Å². The smallest absolute Gasteiger partial charge is 0.231 e. The summed E-state index contributed by atoms with van der Waals surface area (Å²) in [5, 5.41) is 13.5. The minimum Gasteiger partial charge on any atom is -0.467 e. The van der Waals surface area contributed by atoms with Gasteiger partial charge in [-0.25, -0.2) is 0 Å². The van der Waals surface area contributed by atoms with Crippen LogP contribution in [0.5, 0.6) is 0 Å². The molecule has 7 rings (SSSR count). The number of anilines is 1. The molecule has 1 unspecified atom stereocenters. The number of amides is 2. The molecule has 158 valence electrons. The van der Waals surface area contributed by atoms with Crippen LogP contribution in [0, 0.1) is 23.7 Å². The lowest BCUT2D eigenvalue weighted by atomic mass is 9.50. The molecule has 4 saturated carbocycles. The van der Waals surface area contributed by atoms with Gasteiger partial charge in [0.05, 0.1) is 18.7 Å². The molecule has 4 aliphatic carbocycles. The molecule has 1 atom stereocenters. The van der Waals surface area contributed by atoms with Gasteiger partial charge in [-0.2, -0.15) is 0 Å². The molecule has 0 radical (unpaired) electrons. The maximum Gasteiger partial charge on any atom is 0.231 e. The highest BCUT2D eigenvalue weighted by molar-refractivity contribution is 7.15. The topological polar surface area (TPSA) is 88.3 Å². The molecule has 2 amide bonds. The lowest BCUT2D eigenvalue weighted by molar-refractivity contribution is -0.128. The van der Waals surface area contributed by atoms with Crippen LogP contribution in [-0.2, 0) is 21.5 Å². The Morgan fingerprint density at radius 2 is 1.93 bits per heavy atom. The van der Waals surface area contributed by atoms with Crippen molar-refractivity contribution in [1.29, 1.82) is 0 Å². The van der Waals surface area contributed by atoms with E-state index in [0.29, 0.717) is 18.2 Å². The van der Waals surface area contributed by atoms with Crippen LogP contribution in [0.2, 0.25) is 0 Å². The number of likely N-dealkylation sites (tertiary alicyclic amines) is 1. The molecule has 1 saturated heterocycles. The van der Waals surface area contributed by atoms with Gasteiger partial charge in [0.2, 0.25) is 16.9 Å². The minimum absolute atomic E-state index is 0.0157. The van der Waals surface area contributed by atoms with Crippen molar-refractivity contribution in [3.63, 3.8) is 0 Å². The molecule has 1 aliphatic heterocycles. The predicted octanol–water partition coefficient (Wildman–Crippen LogP) is 3.59. The third-order valence-electron chi connectivity index (χ3n) is 7.66. The number of nitrogens with one attached hydrogen (secondary N) is 1. The Hall–Kier alpha value is -2.22. The Bertz CT molecular complexity index is 934. The first kappa shape index (κ1) is 18.5. The lowest BCUT2D eigenvalue weighted by Gasteiger charge is -2.55. The molecule has 4 bridgehead atoms. The fourth-order valence-corrected chi connectivity index (χ4v) is 7.72. The van der Waals surface area contributed by atoms with E-state index in [1.54, 1.807) is 28.6 Å². The number of nitrogens with zero attached hydrogens (tertiary/aromatic N) is 3. The third kappa shape index (κ3) is 3.16. The second-order valence-electron chi connectivity index (χ2n) is 9.85. The van der Waals surface area contributed by atoms with Crippen LogP contribution in [0.1, 0.15) is 55.7 Å². The van der Waals surface area contributed by atoms with E-state index < -0.39 is 0 Å². The highest BCUT2D eigenvalue weighted by Gasteiger charge is 2.53. The second kappa shape index (κ2) is 6.90. The van der Waals surface area contributed by atoms with Gasteiger partial charge in [0.1, 0.15) is 10.8 Å². The molecule has 0 spiro atoms. The van der Waals surface area contributed by atoms with E-state index in [-0.39, 0.29) is 29.6 Å². The zero-order valence-corrected chi connectivity index (χ0v) is 17.7. The maximum atomic E-state index is 12.8. The molecule has 2 aromatic heterocycles. The number of hydrogen-bond donors (Lipinski definition) is 1. The molecular weight excluding hydrogens is 400 g/mol. The fraction of sp³-hybridized carbons (Fsp3) is 0.636. The van der Waals surface area contributed by atoms with Crippen LogP contribution >= 0.6 is 11.3 Å². The third-order valence-corrected chi connectivity index (χ3v) is 8.74. The quantitative estimate of drug-likeness (QED) is 0.789. The Kier molecular flexibility index (Phi) is 4.27. The number of aromatic nitrogens is 2. The number of carbonyl (C=O) groups is 2. The molecule has 8 heteroatoms. The van der Waals surface area contributed by atoms with Gasteiger partial charge in [-0.1, -0.05) is 11.3 Å².